The molecular weight excluding hydrogens is 250 g/mol. The highest BCUT2D eigenvalue weighted by Crippen LogP contribution is 2.28. The first kappa shape index (κ1) is 13.1. The highest BCUT2D eigenvalue weighted by Gasteiger charge is 2.24. The van der Waals surface area contributed by atoms with Crippen molar-refractivity contribution in [2.75, 3.05) is 13.1 Å². The Hall–Kier alpha value is -1.37. The third-order valence-electron chi connectivity index (χ3n) is 2.64. The molecule has 0 fully saturated rings. The van der Waals surface area contributed by atoms with Gasteiger partial charge in [0.15, 0.2) is 0 Å². The Bertz CT molecular complexity index is 430. The normalized spacial score (nSPS) is 17.8. The van der Waals surface area contributed by atoms with Crippen LogP contribution >= 0.6 is 11.8 Å². The van der Waals surface area contributed by atoms with Gasteiger partial charge in [-0.25, -0.2) is 0 Å². The zero-order valence-electron chi connectivity index (χ0n) is 9.77. The molecule has 5 nitrogen and oxygen atoms in total. The summed E-state index contributed by atoms with van der Waals surface area (Å²) >= 11 is 1.03. The molecule has 1 aliphatic heterocycles. The Kier molecular flexibility index (Phi) is 4.35. The quantitative estimate of drug-likeness (QED) is 0.612. The molecule has 0 spiro atoms. The second-order valence-corrected chi connectivity index (χ2v) is 5.13. The number of aromatic nitrogens is 1. The zero-order chi connectivity index (χ0) is 13.0. The Morgan fingerprint density at radius 2 is 2.00 bits per heavy atom. The second-order valence-electron chi connectivity index (χ2n) is 3.90. The van der Waals surface area contributed by atoms with E-state index in [4.69, 9.17) is 5.73 Å². The van der Waals surface area contributed by atoms with Gasteiger partial charge in [-0.15, -0.1) is 0 Å². The molecule has 0 radical (unpaired) electrons. The van der Waals surface area contributed by atoms with Crippen molar-refractivity contribution in [1.29, 1.82) is 0 Å². The van der Waals surface area contributed by atoms with Crippen molar-refractivity contribution in [3.05, 3.63) is 42.2 Å². The van der Waals surface area contributed by atoms with E-state index in [-0.39, 0.29) is 5.91 Å². The molecule has 1 aromatic heterocycles. The summed E-state index contributed by atoms with van der Waals surface area (Å²) in [6.45, 7) is 1.19. The van der Waals surface area contributed by atoms with Gasteiger partial charge in [-0.1, -0.05) is 23.9 Å². The summed E-state index contributed by atoms with van der Waals surface area (Å²) in [5.74, 6) is -0.155. The molecule has 2 heterocycles. The van der Waals surface area contributed by atoms with Crippen molar-refractivity contribution in [1.82, 2.24) is 9.88 Å². The van der Waals surface area contributed by atoms with E-state index in [1.165, 1.54) is 0 Å². The predicted molar refractivity (Wildman–Crippen MR) is 70.5 cm³/mol. The minimum atomic E-state index is -0.817. The van der Waals surface area contributed by atoms with E-state index in [2.05, 4.69) is 4.98 Å². The fourth-order valence-electron chi connectivity index (χ4n) is 1.64. The molecule has 2 atom stereocenters. The SMILES string of the molecule is N[C@@H](S[C@@H](O)c1ccncc1)C(=O)N1CC=CC1. The molecule has 1 aliphatic rings. The largest absolute Gasteiger partial charge is 0.378 e. The number of pyridine rings is 1. The van der Waals surface area contributed by atoms with Gasteiger partial charge in [-0.05, 0) is 17.7 Å². The number of aliphatic hydroxyl groups excluding tert-OH is 1. The number of aliphatic hydroxyl groups is 1. The number of hydrogen-bond acceptors (Lipinski definition) is 5. The number of thioether (sulfide) groups is 1. The number of rotatable bonds is 4. The lowest BCUT2D eigenvalue weighted by molar-refractivity contribution is -0.129. The Labute approximate surface area is 110 Å². The van der Waals surface area contributed by atoms with Crippen LogP contribution in [0, 0.1) is 0 Å². The fourth-order valence-corrected chi connectivity index (χ4v) is 2.50. The predicted octanol–water partition coefficient (Wildman–Crippen LogP) is 0.489. The van der Waals surface area contributed by atoms with Gasteiger partial charge in [-0.3, -0.25) is 9.78 Å². The zero-order valence-corrected chi connectivity index (χ0v) is 10.6. The van der Waals surface area contributed by atoms with Crippen molar-refractivity contribution in [3.63, 3.8) is 0 Å². The molecule has 0 bridgehead atoms. The van der Waals surface area contributed by atoms with Crippen LogP contribution in [0.15, 0.2) is 36.7 Å². The summed E-state index contributed by atoms with van der Waals surface area (Å²) in [5, 5.41) is 9.20. The first-order valence-corrected chi connectivity index (χ1v) is 6.55. The first-order chi connectivity index (χ1) is 8.68. The Morgan fingerprint density at radius 1 is 1.39 bits per heavy atom. The molecule has 0 aromatic carbocycles. The van der Waals surface area contributed by atoms with Gasteiger partial charge in [0, 0.05) is 25.5 Å². The lowest BCUT2D eigenvalue weighted by atomic mass is 10.3. The molecule has 18 heavy (non-hydrogen) atoms. The van der Waals surface area contributed by atoms with Crippen LogP contribution < -0.4 is 5.73 Å². The second kappa shape index (κ2) is 5.99. The molecule has 1 aromatic rings. The van der Waals surface area contributed by atoms with Crippen LogP contribution in [0.1, 0.15) is 11.0 Å². The molecule has 1 amide bonds. The number of hydrogen-bond donors (Lipinski definition) is 2. The highest BCUT2D eigenvalue weighted by atomic mass is 32.2. The minimum Gasteiger partial charge on any atom is -0.378 e. The number of nitrogens with two attached hydrogens (primary N) is 1. The maximum atomic E-state index is 11.9. The van der Waals surface area contributed by atoms with Crippen LogP contribution in [0.5, 0.6) is 0 Å². The van der Waals surface area contributed by atoms with E-state index < -0.39 is 10.8 Å². The van der Waals surface area contributed by atoms with E-state index in [1.54, 1.807) is 29.4 Å². The summed E-state index contributed by atoms with van der Waals surface area (Å²) in [7, 11) is 0. The van der Waals surface area contributed by atoms with Gasteiger partial charge < -0.3 is 15.7 Å². The first-order valence-electron chi connectivity index (χ1n) is 5.61. The number of amides is 1. The van der Waals surface area contributed by atoms with Crippen molar-refractivity contribution < 1.29 is 9.90 Å². The molecule has 96 valence electrons. The third kappa shape index (κ3) is 3.10. The van der Waals surface area contributed by atoms with Gasteiger partial charge in [0.2, 0.25) is 0 Å². The highest BCUT2D eigenvalue weighted by molar-refractivity contribution is 8.00. The van der Waals surface area contributed by atoms with Gasteiger partial charge >= 0.3 is 0 Å². The maximum absolute atomic E-state index is 11.9. The number of nitrogens with zero attached hydrogens (tertiary/aromatic N) is 2. The summed E-state index contributed by atoms with van der Waals surface area (Å²) in [6, 6.07) is 3.40. The standard InChI is InChI=1S/C12H15N3O2S/c13-10(11(16)15-7-1-2-8-15)18-12(17)9-3-5-14-6-4-9/h1-6,10,12,17H,7-8,13H2/t10-,12+/m0/s1. The van der Waals surface area contributed by atoms with E-state index in [0.29, 0.717) is 18.7 Å². The maximum Gasteiger partial charge on any atom is 0.250 e. The average Bonchev–Trinajstić information content (AvgIpc) is 2.92. The molecule has 0 unspecified atom stereocenters. The van der Waals surface area contributed by atoms with Crippen LogP contribution in [0.4, 0.5) is 0 Å². The van der Waals surface area contributed by atoms with Crippen molar-refractivity contribution in [2.24, 2.45) is 5.73 Å². The molecule has 3 N–H and O–H groups in total. The van der Waals surface area contributed by atoms with Crippen LogP contribution in [0.2, 0.25) is 0 Å². The van der Waals surface area contributed by atoms with Crippen LogP contribution in [-0.2, 0) is 4.79 Å². The molecule has 2 rings (SSSR count). The van der Waals surface area contributed by atoms with Gasteiger partial charge in [-0.2, -0.15) is 0 Å². The Morgan fingerprint density at radius 3 is 2.61 bits per heavy atom. The van der Waals surface area contributed by atoms with E-state index in [0.717, 1.165) is 11.8 Å². The lowest BCUT2D eigenvalue weighted by Crippen LogP contribution is -2.41. The van der Waals surface area contributed by atoms with Crippen molar-refractivity contribution in [3.8, 4) is 0 Å². The molecular formula is C12H15N3O2S. The topological polar surface area (TPSA) is 79.5 Å². The minimum absolute atomic E-state index is 0.155. The lowest BCUT2D eigenvalue weighted by Gasteiger charge is -2.21. The fraction of sp³-hybridized carbons (Fsp3) is 0.333. The van der Waals surface area contributed by atoms with Gasteiger partial charge in [0.1, 0.15) is 10.8 Å². The van der Waals surface area contributed by atoms with E-state index >= 15 is 0 Å². The van der Waals surface area contributed by atoms with E-state index in [1.807, 2.05) is 12.2 Å². The summed E-state index contributed by atoms with van der Waals surface area (Å²) in [5.41, 5.74) is 5.68. The average molecular weight is 265 g/mol. The molecule has 0 saturated heterocycles. The number of carbonyl (C=O) groups excluding carboxylic acids is 1. The van der Waals surface area contributed by atoms with Crippen LogP contribution in [0.3, 0.4) is 0 Å². The van der Waals surface area contributed by atoms with Crippen LogP contribution in [0.25, 0.3) is 0 Å². The Balaban J connectivity index is 1.90. The molecule has 0 saturated carbocycles. The summed E-state index contributed by atoms with van der Waals surface area (Å²) in [4.78, 5) is 17.4. The number of carbonyl (C=O) groups is 1. The van der Waals surface area contributed by atoms with E-state index in [9.17, 15) is 9.90 Å². The smallest absolute Gasteiger partial charge is 0.250 e. The van der Waals surface area contributed by atoms with Crippen LogP contribution in [-0.4, -0.2) is 39.4 Å². The molecule has 0 aliphatic carbocycles. The van der Waals surface area contributed by atoms with Gasteiger partial charge in [0.05, 0.1) is 0 Å². The monoisotopic (exact) mass is 265 g/mol. The third-order valence-corrected chi connectivity index (χ3v) is 3.66. The van der Waals surface area contributed by atoms with Gasteiger partial charge in [0.25, 0.3) is 5.91 Å². The summed E-state index contributed by atoms with van der Waals surface area (Å²) < 4.78 is 0. The summed E-state index contributed by atoms with van der Waals surface area (Å²) in [6.07, 6.45) is 7.04. The van der Waals surface area contributed by atoms with Crippen molar-refractivity contribution in [2.45, 2.75) is 10.8 Å². The molecule has 6 heteroatoms. The van der Waals surface area contributed by atoms with Crippen molar-refractivity contribution >= 4 is 17.7 Å².